The summed E-state index contributed by atoms with van der Waals surface area (Å²) in [6, 6.07) is 0. The quantitative estimate of drug-likeness (QED) is 0.251. The largest absolute Gasteiger partial charge is 0.103 e. The Balaban J connectivity index is 2.97. The van der Waals surface area contributed by atoms with Gasteiger partial charge in [0, 0.05) is 12.8 Å². The van der Waals surface area contributed by atoms with E-state index in [9.17, 15) is 0 Å². The molecule has 0 bridgehead atoms. The second-order valence-electron chi connectivity index (χ2n) is 5.74. The monoisotopic (exact) mass is 264 g/mol. The van der Waals surface area contributed by atoms with Crippen molar-refractivity contribution in [2.24, 2.45) is 0 Å². The highest BCUT2D eigenvalue weighted by atomic mass is 14.0. The van der Waals surface area contributed by atoms with Gasteiger partial charge < -0.3 is 0 Å². The lowest BCUT2D eigenvalue weighted by atomic mass is 10.0. The molecule has 0 heterocycles. The topological polar surface area (TPSA) is 0 Å². The second-order valence-corrected chi connectivity index (χ2v) is 5.74. The van der Waals surface area contributed by atoms with Crippen molar-refractivity contribution in [2.45, 2.75) is 110 Å². The first-order valence-electron chi connectivity index (χ1n) is 8.87. The minimum absolute atomic E-state index is 1.08. The van der Waals surface area contributed by atoms with Gasteiger partial charge in [-0.15, -0.1) is 11.8 Å². The summed E-state index contributed by atoms with van der Waals surface area (Å²) < 4.78 is 0. The number of hydrogen-bond acceptors (Lipinski definition) is 0. The van der Waals surface area contributed by atoms with Crippen LogP contribution in [0.1, 0.15) is 110 Å². The molecular weight excluding hydrogens is 228 g/mol. The summed E-state index contributed by atoms with van der Waals surface area (Å²) in [7, 11) is 0. The Labute approximate surface area is 122 Å². The van der Waals surface area contributed by atoms with Crippen LogP contribution in [0.3, 0.4) is 0 Å². The molecule has 0 saturated heterocycles. The lowest BCUT2D eigenvalue weighted by Crippen LogP contribution is -1.82. The second kappa shape index (κ2) is 17.6. The first-order chi connectivity index (χ1) is 9.41. The average molecular weight is 264 g/mol. The van der Waals surface area contributed by atoms with Gasteiger partial charge >= 0.3 is 0 Å². The molecule has 0 atom stereocenters. The van der Waals surface area contributed by atoms with E-state index in [4.69, 9.17) is 0 Å². The van der Waals surface area contributed by atoms with Crippen LogP contribution in [0, 0.1) is 11.8 Å². The van der Waals surface area contributed by atoms with Crippen molar-refractivity contribution in [3.05, 3.63) is 0 Å². The molecule has 0 aliphatic heterocycles. The standard InChI is InChI=1S/C19H36/c1-3-5-7-9-11-13-15-17-19-18-16-14-12-10-8-6-4-2/h3-7,9,11-19H2,1-2H3. The molecule has 0 aromatic carbocycles. The van der Waals surface area contributed by atoms with Gasteiger partial charge in [0.25, 0.3) is 0 Å². The van der Waals surface area contributed by atoms with E-state index < -0.39 is 0 Å². The molecule has 0 nitrogen and oxygen atoms in total. The molecule has 0 saturated carbocycles. The SMILES string of the molecule is CCCC#CCCCCCCCCCCCCCC. The minimum Gasteiger partial charge on any atom is -0.103 e. The van der Waals surface area contributed by atoms with E-state index in [0.29, 0.717) is 0 Å². The van der Waals surface area contributed by atoms with Gasteiger partial charge in [0.2, 0.25) is 0 Å². The average Bonchev–Trinajstić information content (AvgIpc) is 2.43. The molecule has 0 aliphatic carbocycles. The summed E-state index contributed by atoms with van der Waals surface area (Å²) in [5.41, 5.74) is 0. The third-order valence-electron chi connectivity index (χ3n) is 3.66. The van der Waals surface area contributed by atoms with Crippen molar-refractivity contribution in [1.82, 2.24) is 0 Å². The fraction of sp³-hybridized carbons (Fsp3) is 0.895. The molecule has 0 radical (unpaired) electrons. The number of unbranched alkanes of at least 4 members (excludes halogenated alkanes) is 13. The Kier molecular flexibility index (Phi) is 17.2. The molecule has 112 valence electrons. The molecule has 0 spiro atoms. The van der Waals surface area contributed by atoms with Crippen LogP contribution in [-0.2, 0) is 0 Å². The molecule has 0 aromatic rings. The summed E-state index contributed by atoms with van der Waals surface area (Å²) in [5.74, 6) is 6.50. The lowest BCUT2D eigenvalue weighted by Gasteiger charge is -2.01. The molecule has 0 aromatic heterocycles. The van der Waals surface area contributed by atoms with E-state index in [1.165, 1.54) is 83.5 Å². The molecule has 0 heteroatoms. The number of hydrogen-bond donors (Lipinski definition) is 0. The van der Waals surface area contributed by atoms with Crippen molar-refractivity contribution in [1.29, 1.82) is 0 Å². The molecule has 19 heavy (non-hydrogen) atoms. The summed E-state index contributed by atoms with van der Waals surface area (Å²) in [6.07, 6.45) is 20.5. The highest BCUT2D eigenvalue weighted by molar-refractivity contribution is 4.98. The Hall–Kier alpha value is -0.440. The predicted molar refractivity (Wildman–Crippen MR) is 88.4 cm³/mol. The van der Waals surface area contributed by atoms with E-state index in [2.05, 4.69) is 25.7 Å². The van der Waals surface area contributed by atoms with Crippen LogP contribution < -0.4 is 0 Å². The highest BCUT2D eigenvalue weighted by Gasteiger charge is 1.92. The molecule has 0 aliphatic rings. The maximum absolute atomic E-state index is 3.27. The van der Waals surface area contributed by atoms with Crippen LogP contribution in [0.2, 0.25) is 0 Å². The normalized spacial score (nSPS) is 10.2. The van der Waals surface area contributed by atoms with Crippen LogP contribution in [0.4, 0.5) is 0 Å². The first kappa shape index (κ1) is 18.6. The minimum atomic E-state index is 1.08. The third-order valence-corrected chi connectivity index (χ3v) is 3.66. The zero-order valence-electron chi connectivity index (χ0n) is 13.6. The molecule has 0 fully saturated rings. The summed E-state index contributed by atoms with van der Waals surface area (Å²) in [5, 5.41) is 0. The van der Waals surface area contributed by atoms with Crippen LogP contribution in [0.5, 0.6) is 0 Å². The van der Waals surface area contributed by atoms with Crippen LogP contribution >= 0.6 is 0 Å². The Morgan fingerprint density at radius 2 is 0.842 bits per heavy atom. The van der Waals surface area contributed by atoms with E-state index in [0.717, 1.165) is 12.8 Å². The fourth-order valence-electron chi connectivity index (χ4n) is 2.36. The van der Waals surface area contributed by atoms with Crippen LogP contribution in [0.15, 0.2) is 0 Å². The molecule has 0 rings (SSSR count). The highest BCUT2D eigenvalue weighted by Crippen LogP contribution is 2.12. The smallest absolute Gasteiger partial charge is 0.00886 e. The molecular formula is C19H36. The van der Waals surface area contributed by atoms with Gasteiger partial charge in [0.1, 0.15) is 0 Å². The maximum atomic E-state index is 3.27. The molecule has 0 N–H and O–H groups in total. The van der Waals surface area contributed by atoms with Crippen LogP contribution in [-0.4, -0.2) is 0 Å². The van der Waals surface area contributed by atoms with Crippen LogP contribution in [0.25, 0.3) is 0 Å². The zero-order chi connectivity index (χ0) is 14.0. The van der Waals surface area contributed by atoms with Crippen molar-refractivity contribution in [3.8, 4) is 11.8 Å². The Morgan fingerprint density at radius 1 is 0.421 bits per heavy atom. The van der Waals surface area contributed by atoms with Gasteiger partial charge in [-0.1, -0.05) is 84.5 Å². The third kappa shape index (κ3) is 17.6. The summed E-state index contributed by atoms with van der Waals surface area (Å²) in [4.78, 5) is 0. The summed E-state index contributed by atoms with van der Waals surface area (Å²) >= 11 is 0. The molecule has 0 unspecified atom stereocenters. The van der Waals surface area contributed by atoms with Gasteiger partial charge in [0.15, 0.2) is 0 Å². The van der Waals surface area contributed by atoms with E-state index in [1.807, 2.05) is 0 Å². The predicted octanol–water partition coefficient (Wildman–Crippen LogP) is 6.88. The van der Waals surface area contributed by atoms with Gasteiger partial charge in [0.05, 0.1) is 0 Å². The van der Waals surface area contributed by atoms with Gasteiger partial charge in [-0.25, -0.2) is 0 Å². The Bertz CT molecular complexity index is 206. The molecule has 0 amide bonds. The van der Waals surface area contributed by atoms with Crippen molar-refractivity contribution in [3.63, 3.8) is 0 Å². The van der Waals surface area contributed by atoms with Crippen molar-refractivity contribution < 1.29 is 0 Å². The number of rotatable bonds is 13. The van der Waals surface area contributed by atoms with Crippen molar-refractivity contribution in [2.75, 3.05) is 0 Å². The first-order valence-corrected chi connectivity index (χ1v) is 8.87. The Morgan fingerprint density at radius 3 is 1.32 bits per heavy atom. The summed E-state index contributed by atoms with van der Waals surface area (Å²) in [6.45, 7) is 4.48. The van der Waals surface area contributed by atoms with E-state index >= 15 is 0 Å². The van der Waals surface area contributed by atoms with Gasteiger partial charge in [-0.05, 0) is 12.8 Å². The van der Waals surface area contributed by atoms with Crippen molar-refractivity contribution >= 4 is 0 Å². The van der Waals surface area contributed by atoms with E-state index in [-0.39, 0.29) is 0 Å². The zero-order valence-corrected chi connectivity index (χ0v) is 13.6. The van der Waals surface area contributed by atoms with E-state index in [1.54, 1.807) is 0 Å². The van der Waals surface area contributed by atoms with Gasteiger partial charge in [-0.2, -0.15) is 0 Å². The lowest BCUT2D eigenvalue weighted by molar-refractivity contribution is 0.545. The maximum Gasteiger partial charge on any atom is 0.00886 e. The fourth-order valence-corrected chi connectivity index (χ4v) is 2.36. The van der Waals surface area contributed by atoms with Gasteiger partial charge in [-0.3, -0.25) is 0 Å².